The maximum absolute atomic E-state index is 11.7. The second-order valence-electron chi connectivity index (χ2n) is 4.18. The van der Waals surface area contributed by atoms with E-state index in [1.807, 2.05) is 25.2 Å². The van der Waals surface area contributed by atoms with Crippen LogP contribution in [0.15, 0.2) is 23.1 Å². The van der Waals surface area contributed by atoms with E-state index in [9.17, 15) is 4.79 Å². The number of halogens is 1. The molecule has 0 atom stereocenters. The van der Waals surface area contributed by atoms with Gasteiger partial charge in [-0.15, -0.1) is 11.8 Å². The van der Waals surface area contributed by atoms with Crippen LogP contribution in [0.25, 0.3) is 0 Å². The zero-order valence-corrected chi connectivity index (χ0v) is 12.5. The van der Waals surface area contributed by atoms with Gasteiger partial charge in [-0.3, -0.25) is 4.79 Å². The maximum Gasteiger partial charge on any atom is 0.225 e. The van der Waals surface area contributed by atoms with E-state index in [0.29, 0.717) is 23.2 Å². The lowest BCUT2D eigenvalue weighted by molar-refractivity contribution is -0.116. The molecule has 0 saturated heterocycles. The second-order valence-corrected chi connectivity index (χ2v) is 6.18. The molecule has 0 aromatic heterocycles. The summed E-state index contributed by atoms with van der Waals surface area (Å²) in [7, 11) is 1.83. The lowest BCUT2D eigenvalue weighted by Gasteiger charge is -2.14. The van der Waals surface area contributed by atoms with Gasteiger partial charge < -0.3 is 10.6 Å². The van der Waals surface area contributed by atoms with Crippen molar-refractivity contribution in [2.24, 2.45) is 0 Å². The third-order valence-corrected chi connectivity index (χ3v) is 3.77. The Labute approximate surface area is 118 Å². The minimum Gasteiger partial charge on any atom is -0.325 e. The van der Waals surface area contributed by atoms with Gasteiger partial charge in [0.05, 0.1) is 10.7 Å². The number of benzene rings is 1. The van der Waals surface area contributed by atoms with Crippen LogP contribution in [0.4, 0.5) is 5.69 Å². The monoisotopic (exact) mass is 286 g/mol. The lowest BCUT2D eigenvalue weighted by atomic mass is 10.3. The number of nitrogens with one attached hydrogen (secondary N) is 2. The van der Waals surface area contributed by atoms with E-state index in [4.69, 9.17) is 11.6 Å². The summed E-state index contributed by atoms with van der Waals surface area (Å²) in [6, 6.07) is 5.57. The molecule has 1 rings (SSSR count). The van der Waals surface area contributed by atoms with Gasteiger partial charge in [0.2, 0.25) is 5.91 Å². The predicted molar refractivity (Wildman–Crippen MR) is 79.6 cm³/mol. The molecule has 0 fully saturated rings. The SMILES string of the molecule is CNCCC(=O)Nc1cccc(Cl)c1SC(C)C. The lowest BCUT2D eigenvalue weighted by Crippen LogP contribution is -2.19. The van der Waals surface area contributed by atoms with E-state index in [1.54, 1.807) is 11.8 Å². The van der Waals surface area contributed by atoms with Crippen molar-refractivity contribution in [3.8, 4) is 0 Å². The first-order valence-electron chi connectivity index (χ1n) is 5.94. The fraction of sp³-hybridized carbons (Fsp3) is 0.462. The topological polar surface area (TPSA) is 41.1 Å². The molecule has 0 saturated carbocycles. The van der Waals surface area contributed by atoms with Crippen molar-refractivity contribution in [1.82, 2.24) is 5.32 Å². The van der Waals surface area contributed by atoms with Crippen LogP contribution in [0.1, 0.15) is 20.3 Å². The molecule has 18 heavy (non-hydrogen) atoms. The number of anilines is 1. The fourth-order valence-electron chi connectivity index (χ4n) is 1.41. The van der Waals surface area contributed by atoms with Gasteiger partial charge in [-0.2, -0.15) is 0 Å². The summed E-state index contributed by atoms with van der Waals surface area (Å²) in [4.78, 5) is 12.7. The van der Waals surface area contributed by atoms with Gasteiger partial charge in [0.1, 0.15) is 0 Å². The highest BCUT2D eigenvalue weighted by atomic mass is 35.5. The van der Waals surface area contributed by atoms with Gasteiger partial charge in [-0.25, -0.2) is 0 Å². The zero-order chi connectivity index (χ0) is 13.5. The van der Waals surface area contributed by atoms with Crippen LogP contribution in [-0.4, -0.2) is 24.7 Å². The molecule has 0 heterocycles. The quantitative estimate of drug-likeness (QED) is 0.788. The number of carbonyl (C=O) groups excluding carboxylic acids is 1. The van der Waals surface area contributed by atoms with Crippen molar-refractivity contribution in [2.75, 3.05) is 18.9 Å². The highest BCUT2D eigenvalue weighted by molar-refractivity contribution is 8.00. The highest BCUT2D eigenvalue weighted by Crippen LogP contribution is 2.36. The molecule has 0 bridgehead atoms. The molecular weight excluding hydrogens is 268 g/mol. The minimum atomic E-state index is -0.00257. The standard InChI is InChI=1S/C13H19ClN2OS/c1-9(2)18-13-10(14)5-4-6-11(13)16-12(17)7-8-15-3/h4-6,9,15H,7-8H2,1-3H3,(H,16,17). The number of amides is 1. The maximum atomic E-state index is 11.7. The van der Waals surface area contributed by atoms with Crippen LogP contribution < -0.4 is 10.6 Å². The molecule has 0 aliphatic rings. The summed E-state index contributed by atoms with van der Waals surface area (Å²) in [5.41, 5.74) is 0.794. The van der Waals surface area contributed by atoms with E-state index >= 15 is 0 Å². The third kappa shape index (κ3) is 4.88. The molecule has 0 aliphatic heterocycles. The molecule has 0 aliphatic carbocycles. The van der Waals surface area contributed by atoms with Gasteiger partial charge in [-0.05, 0) is 19.2 Å². The van der Waals surface area contributed by atoms with E-state index in [0.717, 1.165) is 10.6 Å². The Bertz CT molecular complexity index is 410. The second kappa shape index (κ2) is 7.67. The Morgan fingerprint density at radius 3 is 2.78 bits per heavy atom. The fourth-order valence-corrected chi connectivity index (χ4v) is 2.62. The average Bonchev–Trinajstić information content (AvgIpc) is 2.30. The van der Waals surface area contributed by atoms with E-state index < -0.39 is 0 Å². The summed E-state index contributed by atoms with van der Waals surface area (Å²) < 4.78 is 0. The van der Waals surface area contributed by atoms with Gasteiger partial charge >= 0.3 is 0 Å². The van der Waals surface area contributed by atoms with Gasteiger partial charge in [0.15, 0.2) is 0 Å². The van der Waals surface area contributed by atoms with Crippen molar-refractivity contribution in [3.05, 3.63) is 23.2 Å². The Hall–Kier alpha value is -0.710. The highest BCUT2D eigenvalue weighted by Gasteiger charge is 2.11. The van der Waals surface area contributed by atoms with Crippen LogP contribution in [-0.2, 0) is 4.79 Å². The zero-order valence-electron chi connectivity index (χ0n) is 10.9. The van der Waals surface area contributed by atoms with Crippen LogP contribution in [0.3, 0.4) is 0 Å². The molecule has 2 N–H and O–H groups in total. The van der Waals surface area contributed by atoms with E-state index in [1.165, 1.54) is 0 Å². The normalized spacial score (nSPS) is 10.7. The van der Waals surface area contributed by atoms with Crippen LogP contribution in [0, 0.1) is 0 Å². The van der Waals surface area contributed by atoms with Crippen molar-refractivity contribution in [1.29, 1.82) is 0 Å². The molecule has 1 amide bonds. The van der Waals surface area contributed by atoms with Crippen molar-refractivity contribution in [3.63, 3.8) is 0 Å². The predicted octanol–water partition coefficient (Wildman–Crippen LogP) is 3.39. The number of carbonyl (C=O) groups is 1. The molecular formula is C13H19ClN2OS. The van der Waals surface area contributed by atoms with Crippen molar-refractivity contribution in [2.45, 2.75) is 30.4 Å². The Balaban J connectivity index is 2.81. The summed E-state index contributed by atoms with van der Waals surface area (Å²) >= 11 is 7.83. The largest absolute Gasteiger partial charge is 0.325 e. The van der Waals surface area contributed by atoms with Crippen LogP contribution in [0.2, 0.25) is 5.02 Å². The smallest absolute Gasteiger partial charge is 0.225 e. The Kier molecular flexibility index (Phi) is 6.54. The number of hydrogen-bond donors (Lipinski definition) is 2. The minimum absolute atomic E-state index is 0.00257. The Morgan fingerprint density at radius 2 is 2.17 bits per heavy atom. The summed E-state index contributed by atoms with van der Waals surface area (Å²) in [6.45, 7) is 4.86. The first-order valence-corrected chi connectivity index (χ1v) is 7.20. The Morgan fingerprint density at radius 1 is 1.44 bits per heavy atom. The molecule has 5 heteroatoms. The van der Waals surface area contributed by atoms with Crippen LogP contribution >= 0.6 is 23.4 Å². The molecule has 0 spiro atoms. The molecule has 1 aromatic carbocycles. The first kappa shape index (κ1) is 15.3. The first-order chi connectivity index (χ1) is 8.54. The van der Waals surface area contributed by atoms with Crippen molar-refractivity contribution >= 4 is 35.0 Å². The van der Waals surface area contributed by atoms with Crippen LogP contribution in [0.5, 0.6) is 0 Å². The number of rotatable bonds is 6. The molecule has 0 radical (unpaired) electrons. The van der Waals surface area contributed by atoms with Crippen molar-refractivity contribution < 1.29 is 4.79 Å². The molecule has 3 nitrogen and oxygen atoms in total. The molecule has 100 valence electrons. The van der Waals surface area contributed by atoms with E-state index in [2.05, 4.69) is 24.5 Å². The molecule has 1 aromatic rings. The average molecular weight is 287 g/mol. The summed E-state index contributed by atoms with van der Waals surface area (Å²) in [5, 5.41) is 6.95. The third-order valence-electron chi connectivity index (χ3n) is 2.20. The summed E-state index contributed by atoms with van der Waals surface area (Å²) in [6.07, 6.45) is 0.453. The number of thioether (sulfide) groups is 1. The van der Waals surface area contributed by atoms with Gasteiger partial charge in [0.25, 0.3) is 0 Å². The van der Waals surface area contributed by atoms with Gasteiger partial charge in [-0.1, -0.05) is 31.5 Å². The van der Waals surface area contributed by atoms with Gasteiger partial charge in [0, 0.05) is 23.1 Å². The van der Waals surface area contributed by atoms with E-state index in [-0.39, 0.29) is 5.91 Å². The molecule has 0 unspecified atom stereocenters. The summed E-state index contributed by atoms with van der Waals surface area (Å²) in [5.74, 6) is -0.00257. The number of hydrogen-bond acceptors (Lipinski definition) is 3.